The van der Waals surface area contributed by atoms with Gasteiger partial charge in [0, 0.05) is 11.6 Å². The van der Waals surface area contributed by atoms with Crippen molar-refractivity contribution in [2.75, 3.05) is 0 Å². The molecule has 5 nitrogen and oxygen atoms in total. The first-order chi connectivity index (χ1) is 14.2. The summed E-state index contributed by atoms with van der Waals surface area (Å²) in [6.45, 7) is 2.18. The molecule has 0 aliphatic rings. The second kappa shape index (κ2) is 8.12. The summed E-state index contributed by atoms with van der Waals surface area (Å²) in [5, 5.41) is 8.59. The third-order valence-corrected chi connectivity index (χ3v) is 4.97. The van der Waals surface area contributed by atoms with Gasteiger partial charge in [0.25, 0.3) is 5.91 Å². The van der Waals surface area contributed by atoms with E-state index in [2.05, 4.69) is 29.7 Å². The molecule has 29 heavy (non-hydrogen) atoms. The summed E-state index contributed by atoms with van der Waals surface area (Å²) in [4.78, 5) is 16.1. The molecule has 0 aliphatic carbocycles. The van der Waals surface area contributed by atoms with Crippen molar-refractivity contribution < 1.29 is 10.0 Å². The largest absolute Gasteiger partial charge is 0.317 e. The fourth-order valence-corrected chi connectivity index (χ4v) is 3.47. The number of rotatable bonds is 5. The Bertz CT molecular complexity index is 1160. The number of hydrogen-bond acceptors (Lipinski definition) is 3. The predicted molar refractivity (Wildman–Crippen MR) is 114 cm³/mol. The topological polar surface area (TPSA) is 67.2 Å². The first-order valence-electron chi connectivity index (χ1n) is 9.42. The van der Waals surface area contributed by atoms with Crippen molar-refractivity contribution in [3.8, 4) is 11.4 Å². The van der Waals surface area contributed by atoms with E-state index in [1.54, 1.807) is 11.6 Å². The number of carbonyl (C=O) groups excluding carboxylic acids is 1. The van der Waals surface area contributed by atoms with Gasteiger partial charge in [-0.25, -0.2) is 10.5 Å². The second-order valence-electron chi connectivity index (χ2n) is 6.81. The van der Waals surface area contributed by atoms with Gasteiger partial charge in [0.2, 0.25) is 0 Å². The maximum atomic E-state index is 11.2. The van der Waals surface area contributed by atoms with Gasteiger partial charge in [-0.05, 0) is 36.3 Å². The molecule has 2 N–H and O–H groups in total. The first-order valence-corrected chi connectivity index (χ1v) is 9.42. The van der Waals surface area contributed by atoms with Gasteiger partial charge >= 0.3 is 0 Å². The summed E-state index contributed by atoms with van der Waals surface area (Å²) < 4.78 is 2.26. The van der Waals surface area contributed by atoms with Crippen LogP contribution in [0.4, 0.5) is 0 Å². The molecule has 1 amide bonds. The van der Waals surface area contributed by atoms with E-state index in [-0.39, 0.29) is 6.04 Å². The summed E-state index contributed by atoms with van der Waals surface area (Å²) in [5.74, 6) is 0.332. The molecular weight excluding hydrogens is 362 g/mol. The van der Waals surface area contributed by atoms with Crippen LogP contribution in [0.1, 0.15) is 24.1 Å². The molecule has 1 heterocycles. The average molecular weight is 383 g/mol. The van der Waals surface area contributed by atoms with Crippen LogP contribution in [0.5, 0.6) is 0 Å². The van der Waals surface area contributed by atoms with E-state index in [0.717, 1.165) is 28.0 Å². The number of fused-ring (bicyclic) bond motifs is 1. The quantitative estimate of drug-likeness (QED) is 0.295. The summed E-state index contributed by atoms with van der Waals surface area (Å²) in [6.07, 6.45) is 2.92. The highest BCUT2D eigenvalue weighted by Crippen LogP contribution is 2.31. The lowest BCUT2D eigenvalue weighted by Crippen LogP contribution is -2.14. The minimum atomic E-state index is -0.562. The Hall–Kier alpha value is -3.70. The highest BCUT2D eigenvalue weighted by molar-refractivity contribution is 5.91. The van der Waals surface area contributed by atoms with E-state index in [0.29, 0.717) is 0 Å². The molecule has 144 valence electrons. The molecule has 5 heteroatoms. The zero-order valence-corrected chi connectivity index (χ0v) is 16.0. The lowest BCUT2D eigenvalue weighted by atomic mass is 10.1. The minimum absolute atomic E-state index is 0.117. The van der Waals surface area contributed by atoms with Crippen LogP contribution in [0, 0.1) is 0 Å². The molecule has 0 spiro atoms. The smallest absolute Gasteiger partial charge is 0.267 e. The Morgan fingerprint density at radius 2 is 1.69 bits per heavy atom. The maximum Gasteiger partial charge on any atom is 0.267 e. The zero-order valence-electron chi connectivity index (χ0n) is 16.0. The number of para-hydroxylation sites is 2. The number of benzene rings is 3. The van der Waals surface area contributed by atoms with Crippen LogP contribution < -0.4 is 5.48 Å². The molecule has 4 aromatic rings. The number of nitrogens with zero attached hydrogens (tertiary/aromatic N) is 2. The van der Waals surface area contributed by atoms with Gasteiger partial charge in [0.05, 0.1) is 17.1 Å². The number of nitrogens with one attached hydrogen (secondary N) is 1. The fraction of sp³-hybridized carbons (Fsp3) is 0.0833. The van der Waals surface area contributed by atoms with E-state index in [9.17, 15) is 4.79 Å². The lowest BCUT2D eigenvalue weighted by Gasteiger charge is -2.18. The molecular formula is C24H21N3O2. The highest BCUT2D eigenvalue weighted by atomic mass is 16.5. The third-order valence-electron chi connectivity index (χ3n) is 4.97. The molecule has 3 aromatic carbocycles. The molecule has 4 rings (SSSR count). The number of hydroxylamine groups is 1. The summed E-state index contributed by atoms with van der Waals surface area (Å²) in [5.41, 5.74) is 6.69. The monoisotopic (exact) mass is 383 g/mol. The van der Waals surface area contributed by atoms with Crippen LogP contribution in [0.15, 0.2) is 84.9 Å². The van der Waals surface area contributed by atoms with Gasteiger partial charge in [0.15, 0.2) is 0 Å². The van der Waals surface area contributed by atoms with Crippen LogP contribution in [0.2, 0.25) is 0 Å². The second-order valence-corrected chi connectivity index (χ2v) is 6.81. The molecule has 0 saturated carbocycles. The molecule has 0 aliphatic heterocycles. The Balaban J connectivity index is 1.78. The number of amides is 1. The molecule has 0 saturated heterocycles. The molecule has 1 aromatic heterocycles. The first kappa shape index (κ1) is 18.7. The van der Waals surface area contributed by atoms with Crippen LogP contribution in [0.3, 0.4) is 0 Å². The fourth-order valence-electron chi connectivity index (χ4n) is 3.47. The standard InChI is InChI=1S/C24H21N3O2/c1-17(19-7-3-2-4-8-19)27-22-10-6-5-9-21(22)25-24(27)20-14-11-18(12-15-20)13-16-23(28)26-29/h2-17,29H,1H3,(H,26,28). The third kappa shape index (κ3) is 3.81. The molecule has 0 fully saturated rings. The average Bonchev–Trinajstić information content (AvgIpc) is 3.17. The van der Waals surface area contributed by atoms with Crippen molar-refractivity contribution in [1.82, 2.24) is 15.0 Å². The van der Waals surface area contributed by atoms with Crippen LogP contribution in [-0.2, 0) is 4.79 Å². The van der Waals surface area contributed by atoms with E-state index in [1.807, 2.05) is 60.7 Å². The maximum absolute atomic E-state index is 11.2. The van der Waals surface area contributed by atoms with Gasteiger partial charge in [-0.15, -0.1) is 0 Å². The van der Waals surface area contributed by atoms with E-state index >= 15 is 0 Å². The number of carbonyl (C=O) groups is 1. The van der Waals surface area contributed by atoms with Crippen molar-refractivity contribution in [3.05, 3.63) is 96.1 Å². The van der Waals surface area contributed by atoms with Crippen LogP contribution >= 0.6 is 0 Å². The van der Waals surface area contributed by atoms with E-state index < -0.39 is 5.91 Å². The van der Waals surface area contributed by atoms with Gasteiger partial charge < -0.3 is 4.57 Å². The lowest BCUT2D eigenvalue weighted by molar-refractivity contribution is -0.124. The molecule has 0 radical (unpaired) electrons. The molecule has 1 atom stereocenters. The zero-order chi connectivity index (χ0) is 20.2. The normalized spacial score (nSPS) is 12.3. The van der Waals surface area contributed by atoms with Gasteiger partial charge in [-0.2, -0.15) is 0 Å². The van der Waals surface area contributed by atoms with Crippen molar-refractivity contribution in [1.29, 1.82) is 0 Å². The molecule has 1 unspecified atom stereocenters. The SMILES string of the molecule is CC(c1ccccc1)n1c(-c2ccc(C=CC(=O)NO)cc2)nc2ccccc21. The summed E-state index contributed by atoms with van der Waals surface area (Å²) in [7, 11) is 0. The van der Waals surface area contributed by atoms with Gasteiger partial charge in [0.1, 0.15) is 5.82 Å². The van der Waals surface area contributed by atoms with E-state index in [4.69, 9.17) is 10.2 Å². The van der Waals surface area contributed by atoms with Crippen LogP contribution in [-0.4, -0.2) is 20.7 Å². The Morgan fingerprint density at radius 3 is 2.41 bits per heavy atom. The Labute approximate surface area is 168 Å². The number of aromatic nitrogens is 2. The summed E-state index contributed by atoms with van der Waals surface area (Å²) in [6, 6.07) is 26.5. The Kier molecular flexibility index (Phi) is 5.22. The Morgan fingerprint density at radius 1 is 1.00 bits per heavy atom. The van der Waals surface area contributed by atoms with Crippen molar-refractivity contribution in [2.45, 2.75) is 13.0 Å². The minimum Gasteiger partial charge on any atom is -0.317 e. The molecule has 0 bridgehead atoms. The number of hydrogen-bond donors (Lipinski definition) is 2. The van der Waals surface area contributed by atoms with Crippen molar-refractivity contribution >= 4 is 23.0 Å². The highest BCUT2D eigenvalue weighted by Gasteiger charge is 2.18. The van der Waals surface area contributed by atoms with Crippen molar-refractivity contribution in [3.63, 3.8) is 0 Å². The predicted octanol–water partition coefficient (Wildman–Crippen LogP) is 4.83. The van der Waals surface area contributed by atoms with Crippen LogP contribution in [0.25, 0.3) is 28.5 Å². The van der Waals surface area contributed by atoms with Crippen molar-refractivity contribution in [2.24, 2.45) is 0 Å². The number of imidazole rings is 1. The van der Waals surface area contributed by atoms with Gasteiger partial charge in [-0.1, -0.05) is 66.7 Å². The summed E-state index contributed by atoms with van der Waals surface area (Å²) >= 11 is 0. The van der Waals surface area contributed by atoms with E-state index in [1.165, 1.54) is 11.6 Å². The van der Waals surface area contributed by atoms with Gasteiger partial charge in [-0.3, -0.25) is 10.0 Å².